The molecule has 0 saturated carbocycles. The highest BCUT2D eigenvalue weighted by molar-refractivity contribution is 5.45. The zero-order valence-electron chi connectivity index (χ0n) is 10.1. The molecule has 4 N–H and O–H groups in total. The van der Waals surface area contributed by atoms with Gasteiger partial charge >= 0.3 is 0 Å². The molecule has 2 rings (SSSR count). The van der Waals surface area contributed by atoms with Crippen molar-refractivity contribution in [1.82, 2.24) is 5.43 Å². The lowest BCUT2D eigenvalue weighted by molar-refractivity contribution is 0.405. The summed E-state index contributed by atoms with van der Waals surface area (Å²) in [4.78, 5) is 0. The van der Waals surface area contributed by atoms with Gasteiger partial charge < -0.3 is 9.84 Å². The van der Waals surface area contributed by atoms with Crippen LogP contribution < -0.4 is 16.0 Å². The van der Waals surface area contributed by atoms with Crippen LogP contribution in [-0.2, 0) is 0 Å². The van der Waals surface area contributed by atoms with E-state index in [-0.39, 0.29) is 11.8 Å². The summed E-state index contributed by atoms with van der Waals surface area (Å²) in [5, 5.41) is 10.0. The van der Waals surface area contributed by atoms with Crippen LogP contribution in [0.1, 0.15) is 17.2 Å². The monoisotopic (exact) mass is 244 g/mol. The highest BCUT2D eigenvalue weighted by Gasteiger charge is 2.16. The fourth-order valence-corrected chi connectivity index (χ4v) is 1.91. The molecule has 18 heavy (non-hydrogen) atoms. The number of benzene rings is 2. The highest BCUT2D eigenvalue weighted by atomic mass is 16.5. The quantitative estimate of drug-likeness (QED) is 0.568. The van der Waals surface area contributed by atoms with Crippen LogP contribution in [-0.4, -0.2) is 12.2 Å². The normalized spacial score (nSPS) is 12.1. The maximum atomic E-state index is 10.0. The van der Waals surface area contributed by atoms with Crippen molar-refractivity contribution in [2.75, 3.05) is 7.11 Å². The molecule has 0 radical (unpaired) electrons. The Morgan fingerprint density at radius 3 is 2.44 bits per heavy atom. The van der Waals surface area contributed by atoms with Crippen LogP contribution in [0.2, 0.25) is 0 Å². The molecule has 0 fully saturated rings. The number of rotatable bonds is 4. The zero-order valence-corrected chi connectivity index (χ0v) is 10.1. The minimum Gasteiger partial charge on any atom is -0.507 e. The number of phenolic OH excluding ortho intramolecular Hbond substituents is 1. The van der Waals surface area contributed by atoms with E-state index in [9.17, 15) is 5.11 Å². The molecule has 0 spiro atoms. The van der Waals surface area contributed by atoms with Crippen molar-refractivity contribution in [2.45, 2.75) is 6.04 Å². The smallest absolute Gasteiger partial charge is 0.124 e. The predicted octanol–water partition coefficient (Wildman–Crippen LogP) is 1.95. The van der Waals surface area contributed by atoms with Gasteiger partial charge in [0.25, 0.3) is 0 Å². The minimum absolute atomic E-state index is 0.154. The second kappa shape index (κ2) is 5.53. The van der Waals surface area contributed by atoms with Crippen LogP contribution >= 0.6 is 0 Å². The molecule has 0 amide bonds. The van der Waals surface area contributed by atoms with E-state index < -0.39 is 0 Å². The van der Waals surface area contributed by atoms with Gasteiger partial charge in [0.05, 0.1) is 13.2 Å². The molecule has 0 heterocycles. The van der Waals surface area contributed by atoms with Crippen molar-refractivity contribution in [2.24, 2.45) is 5.84 Å². The number of ether oxygens (including phenoxy) is 1. The third-order valence-corrected chi connectivity index (χ3v) is 2.85. The molecule has 4 nitrogen and oxygen atoms in total. The van der Waals surface area contributed by atoms with Gasteiger partial charge in [0.15, 0.2) is 0 Å². The molecule has 2 aromatic rings. The molecule has 0 unspecified atom stereocenters. The van der Waals surface area contributed by atoms with Gasteiger partial charge in [-0.15, -0.1) is 0 Å². The van der Waals surface area contributed by atoms with Crippen LogP contribution in [0.3, 0.4) is 0 Å². The van der Waals surface area contributed by atoms with Crippen LogP contribution in [0.15, 0.2) is 48.5 Å². The lowest BCUT2D eigenvalue weighted by atomic mass is 9.98. The molecule has 1 atom stereocenters. The number of nitrogens with two attached hydrogens (primary N) is 1. The summed E-state index contributed by atoms with van der Waals surface area (Å²) in [6.07, 6.45) is 0. The van der Waals surface area contributed by atoms with Gasteiger partial charge in [-0.2, -0.15) is 0 Å². The third kappa shape index (κ3) is 2.45. The van der Waals surface area contributed by atoms with Gasteiger partial charge in [-0.1, -0.05) is 30.3 Å². The van der Waals surface area contributed by atoms with E-state index in [0.717, 1.165) is 5.56 Å². The molecule has 0 aromatic heterocycles. The first-order chi connectivity index (χ1) is 8.76. The summed E-state index contributed by atoms with van der Waals surface area (Å²) in [5.41, 5.74) is 4.41. The summed E-state index contributed by atoms with van der Waals surface area (Å²) in [7, 11) is 1.56. The molecule has 2 aromatic carbocycles. The Kier molecular flexibility index (Phi) is 3.82. The zero-order chi connectivity index (χ0) is 13.0. The number of hydrogen-bond acceptors (Lipinski definition) is 4. The van der Waals surface area contributed by atoms with Crippen molar-refractivity contribution in [3.8, 4) is 11.5 Å². The number of hydrogen-bond donors (Lipinski definition) is 3. The van der Waals surface area contributed by atoms with Crippen LogP contribution in [0, 0.1) is 0 Å². The second-order valence-corrected chi connectivity index (χ2v) is 3.94. The van der Waals surface area contributed by atoms with E-state index in [4.69, 9.17) is 10.6 Å². The van der Waals surface area contributed by atoms with Crippen molar-refractivity contribution in [3.05, 3.63) is 59.7 Å². The Labute approximate surface area is 106 Å². The minimum atomic E-state index is -0.253. The average Bonchev–Trinajstić information content (AvgIpc) is 2.42. The van der Waals surface area contributed by atoms with Crippen molar-refractivity contribution in [3.63, 3.8) is 0 Å². The molecule has 94 valence electrons. The number of aromatic hydroxyl groups is 1. The maximum Gasteiger partial charge on any atom is 0.124 e. The topological polar surface area (TPSA) is 67.5 Å². The van der Waals surface area contributed by atoms with Gasteiger partial charge in [0, 0.05) is 11.6 Å². The summed E-state index contributed by atoms with van der Waals surface area (Å²) in [6.45, 7) is 0. The second-order valence-electron chi connectivity index (χ2n) is 3.94. The number of nitrogens with one attached hydrogen (secondary N) is 1. The van der Waals surface area contributed by atoms with Gasteiger partial charge in [0.2, 0.25) is 0 Å². The van der Waals surface area contributed by atoms with E-state index in [2.05, 4.69) is 5.43 Å². The van der Waals surface area contributed by atoms with Gasteiger partial charge in [-0.3, -0.25) is 5.84 Å². The molecule has 0 saturated heterocycles. The van der Waals surface area contributed by atoms with Crippen LogP contribution in [0.25, 0.3) is 0 Å². The van der Waals surface area contributed by atoms with Gasteiger partial charge in [-0.05, 0) is 17.7 Å². The van der Waals surface area contributed by atoms with E-state index in [0.29, 0.717) is 11.3 Å². The van der Waals surface area contributed by atoms with Crippen molar-refractivity contribution >= 4 is 0 Å². The third-order valence-electron chi connectivity index (χ3n) is 2.85. The van der Waals surface area contributed by atoms with Crippen LogP contribution in [0.5, 0.6) is 11.5 Å². The lowest BCUT2D eigenvalue weighted by Crippen LogP contribution is -2.28. The first-order valence-electron chi connectivity index (χ1n) is 5.64. The molecule has 0 aliphatic carbocycles. The van der Waals surface area contributed by atoms with Gasteiger partial charge in [-0.25, -0.2) is 5.43 Å². The van der Waals surface area contributed by atoms with Gasteiger partial charge in [0.1, 0.15) is 11.5 Å². The first-order valence-corrected chi connectivity index (χ1v) is 5.64. The van der Waals surface area contributed by atoms with Crippen molar-refractivity contribution < 1.29 is 9.84 Å². The standard InChI is InChI=1S/C14H16N2O2/c1-18-11-7-8-12(13(17)9-11)14(16-15)10-5-3-2-4-6-10/h2-9,14,16-17H,15H2,1H3/t14-/m1/s1. The predicted molar refractivity (Wildman–Crippen MR) is 70.3 cm³/mol. The molecule has 4 heteroatoms. The molecular weight excluding hydrogens is 228 g/mol. The van der Waals surface area contributed by atoms with Crippen LogP contribution in [0.4, 0.5) is 0 Å². The number of phenols is 1. The first kappa shape index (κ1) is 12.4. The van der Waals surface area contributed by atoms with E-state index in [1.54, 1.807) is 25.3 Å². The molecule has 0 bridgehead atoms. The molecule has 0 aliphatic rings. The summed E-state index contributed by atoms with van der Waals surface area (Å²) in [5.74, 6) is 6.35. The average molecular weight is 244 g/mol. The largest absolute Gasteiger partial charge is 0.507 e. The summed E-state index contributed by atoms with van der Waals surface area (Å²) >= 11 is 0. The Morgan fingerprint density at radius 2 is 1.89 bits per heavy atom. The molecule has 0 aliphatic heterocycles. The Morgan fingerprint density at radius 1 is 1.17 bits per heavy atom. The number of hydrazine groups is 1. The summed E-state index contributed by atoms with van der Waals surface area (Å²) in [6, 6.07) is 14.6. The Hall–Kier alpha value is -2.04. The lowest BCUT2D eigenvalue weighted by Gasteiger charge is -2.18. The Balaban J connectivity index is 2.39. The van der Waals surface area contributed by atoms with E-state index >= 15 is 0 Å². The SMILES string of the molecule is COc1ccc([C@H](NN)c2ccccc2)c(O)c1. The number of methoxy groups -OCH3 is 1. The van der Waals surface area contributed by atoms with Crippen molar-refractivity contribution in [1.29, 1.82) is 0 Å². The fourth-order valence-electron chi connectivity index (χ4n) is 1.91. The fraction of sp³-hybridized carbons (Fsp3) is 0.143. The highest BCUT2D eigenvalue weighted by Crippen LogP contribution is 2.31. The summed E-state index contributed by atoms with van der Waals surface area (Å²) < 4.78 is 5.06. The Bertz CT molecular complexity index is 514. The van der Waals surface area contributed by atoms with E-state index in [1.807, 2.05) is 30.3 Å². The van der Waals surface area contributed by atoms with E-state index in [1.165, 1.54) is 0 Å². The maximum absolute atomic E-state index is 10.0. The molecular formula is C14H16N2O2.